The predicted octanol–water partition coefficient (Wildman–Crippen LogP) is 3.23. The van der Waals surface area contributed by atoms with E-state index >= 15 is 0 Å². The maximum Gasteiger partial charge on any atom is 0.222 e. The number of aromatic nitrogens is 5. The summed E-state index contributed by atoms with van der Waals surface area (Å²) >= 11 is 0. The molecule has 1 aliphatic heterocycles. The van der Waals surface area contributed by atoms with Crippen molar-refractivity contribution in [2.45, 2.75) is 52.1 Å². The summed E-state index contributed by atoms with van der Waals surface area (Å²) in [5.74, 6) is 0.979. The lowest BCUT2D eigenvalue weighted by Gasteiger charge is -2.27. The fourth-order valence-corrected chi connectivity index (χ4v) is 3.53. The Labute approximate surface area is 170 Å². The molecule has 2 aromatic heterocycles. The van der Waals surface area contributed by atoms with Gasteiger partial charge in [0.2, 0.25) is 5.91 Å². The number of carbonyl (C=O) groups is 1. The zero-order chi connectivity index (χ0) is 20.2. The van der Waals surface area contributed by atoms with Crippen LogP contribution in [0.5, 0.6) is 0 Å². The fourth-order valence-electron chi connectivity index (χ4n) is 3.53. The number of hydrogen-bond donors (Lipinski definition) is 2. The topological polar surface area (TPSA) is 91.7 Å². The SMILES string of the molecule is CC(C)n1cc(CCCC(=O)N2CCc3[nH]nc(Nc4ccccc4)c3C2)nn1. The monoisotopic (exact) mass is 393 g/mol. The van der Waals surface area contributed by atoms with Crippen molar-refractivity contribution in [2.75, 3.05) is 11.9 Å². The number of aryl methyl sites for hydroxylation is 1. The summed E-state index contributed by atoms with van der Waals surface area (Å²) in [6.07, 6.45) is 4.83. The summed E-state index contributed by atoms with van der Waals surface area (Å²) in [4.78, 5) is 14.7. The number of fused-ring (bicyclic) bond motifs is 1. The van der Waals surface area contributed by atoms with E-state index in [0.717, 1.165) is 54.3 Å². The van der Waals surface area contributed by atoms with E-state index in [-0.39, 0.29) is 5.91 Å². The number of amides is 1. The van der Waals surface area contributed by atoms with Crippen LogP contribution in [0.15, 0.2) is 36.5 Å². The first-order valence-corrected chi connectivity index (χ1v) is 10.2. The molecule has 3 aromatic rings. The van der Waals surface area contributed by atoms with Crippen LogP contribution in [0.25, 0.3) is 0 Å². The van der Waals surface area contributed by atoms with Crippen LogP contribution >= 0.6 is 0 Å². The number of para-hydroxylation sites is 1. The predicted molar refractivity (Wildman–Crippen MR) is 111 cm³/mol. The van der Waals surface area contributed by atoms with Crippen LogP contribution in [0, 0.1) is 0 Å². The molecule has 152 valence electrons. The Morgan fingerprint density at radius 3 is 2.86 bits per heavy atom. The van der Waals surface area contributed by atoms with Crippen molar-refractivity contribution >= 4 is 17.4 Å². The van der Waals surface area contributed by atoms with Gasteiger partial charge in [-0.1, -0.05) is 23.4 Å². The molecule has 0 aliphatic carbocycles. The Bertz CT molecular complexity index is 961. The lowest BCUT2D eigenvalue weighted by atomic mass is 10.1. The van der Waals surface area contributed by atoms with Crippen molar-refractivity contribution in [3.05, 3.63) is 53.5 Å². The van der Waals surface area contributed by atoms with Crippen molar-refractivity contribution in [1.82, 2.24) is 30.1 Å². The molecular formula is C21H27N7O. The van der Waals surface area contributed by atoms with Gasteiger partial charge in [-0.05, 0) is 38.8 Å². The molecule has 3 heterocycles. The minimum atomic E-state index is 0.179. The highest BCUT2D eigenvalue weighted by Crippen LogP contribution is 2.27. The molecule has 1 amide bonds. The summed E-state index contributed by atoms with van der Waals surface area (Å²) < 4.78 is 1.85. The molecule has 29 heavy (non-hydrogen) atoms. The summed E-state index contributed by atoms with van der Waals surface area (Å²) in [6, 6.07) is 10.3. The van der Waals surface area contributed by atoms with Crippen molar-refractivity contribution in [3.63, 3.8) is 0 Å². The molecule has 8 heteroatoms. The molecular weight excluding hydrogens is 366 g/mol. The number of hydrogen-bond acceptors (Lipinski definition) is 5. The highest BCUT2D eigenvalue weighted by atomic mass is 16.2. The van der Waals surface area contributed by atoms with Gasteiger partial charge in [-0.15, -0.1) is 5.10 Å². The van der Waals surface area contributed by atoms with Crippen molar-refractivity contribution in [3.8, 4) is 0 Å². The van der Waals surface area contributed by atoms with E-state index in [9.17, 15) is 4.79 Å². The van der Waals surface area contributed by atoms with Gasteiger partial charge >= 0.3 is 0 Å². The summed E-state index contributed by atoms with van der Waals surface area (Å²) in [5, 5.41) is 19.2. The first-order valence-electron chi connectivity index (χ1n) is 10.2. The zero-order valence-electron chi connectivity index (χ0n) is 16.9. The molecule has 0 saturated heterocycles. The largest absolute Gasteiger partial charge is 0.338 e. The lowest BCUT2D eigenvalue weighted by Crippen LogP contribution is -2.35. The van der Waals surface area contributed by atoms with Crippen LogP contribution in [0.1, 0.15) is 49.7 Å². The van der Waals surface area contributed by atoms with E-state index in [2.05, 4.69) is 39.7 Å². The third-order valence-electron chi connectivity index (χ3n) is 5.23. The first kappa shape index (κ1) is 19.2. The standard InChI is InChI=1S/C21H27N7O/c1-15(2)28-13-17(23-26-28)9-6-10-20(29)27-12-11-19-18(14-27)21(25-24-19)22-16-7-4-3-5-8-16/h3-5,7-8,13,15H,6,9-12,14H2,1-2H3,(H2,22,24,25). The van der Waals surface area contributed by atoms with Crippen molar-refractivity contribution < 1.29 is 4.79 Å². The van der Waals surface area contributed by atoms with E-state index in [1.165, 1.54) is 0 Å². The Morgan fingerprint density at radius 2 is 2.10 bits per heavy atom. The number of carbonyl (C=O) groups excluding carboxylic acids is 1. The Morgan fingerprint density at radius 1 is 1.28 bits per heavy atom. The van der Waals surface area contributed by atoms with E-state index < -0.39 is 0 Å². The van der Waals surface area contributed by atoms with Crippen LogP contribution in [0.3, 0.4) is 0 Å². The zero-order valence-corrected chi connectivity index (χ0v) is 16.9. The van der Waals surface area contributed by atoms with Gasteiger partial charge in [0.25, 0.3) is 0 Å². The molecule has 4 rings (SSSR count). The second-order valence-corrected chi connectivity index (χ2v) is 7.72. The molecule has 2 N–H and O–H groups in total. The Hall–Kier alpha value is -3.16. The van der Waals surface area contributed by atoms with E-state index in [1.54, 1.807) is 0 Å². The Balaban J connectivity index is 1.33. The number of H-pyrrole nitrogens is 1. The molecule has 0 atom stereocenters. The number of anilines is 2. The van der Waals surface area contributed by atoms with Gasteiger partial charge in [-0.25, -0.2) is 4.68 Å². The van der Waals surface area contributed by atoms with Crippen LogP contribution < -0.4 is 5.32 Å². The highest BCUT2D eigenvalue weighted by Gasteiger charge is 2.25. The first-order chi connectivity index (χ1) is 14.1. The third-order valence-corrected chi connectivity index (χ3v) is 5.23. The van der Waals surface area contributed by atoms with E-state index in [1.807, 2.05) is 46.1 Å². The number of nitrogens with one attached hydrogen (secondary N) is 2. The minimum Gasteiger partial charge on any atom is -0.338 e. The quantitative estimate of drug-likeness (QED) is 0.643. The summed E-state index contributed by atoms with van der Waals surface area (Å²) in [6.45, 7) is 5.46. The highest BCUT2D eigenvalue weighted by molar-refractivity contribution is 5.77. The molecule has 1 aliphatic rings. The van der Waals surface area contributed by atoms with Crippen molar-refractivity contribution in [2.24, 2.45) is 0 Å². The Kier molecular flexibility index (Phi) is 5.59. The summed E-state index contributed by atoms with van der Waals surface area (Å²) in [7, 11) is 0. The van der Waals surface area contributed by atoms with Gasteiger partial charge in [-0.2, -0.15) is 5.10 Å². The minimum absolute atomic E-state index is 0.179. The number of benzene rings is 1. The maximum atomic E-state index is 12.7. The molecule has 0 radical (unpaired) electrons. The molecule has 8 nitrogen and oxygen atoms in total. The second kappa shape index (κ2) is 8.46. The second-order valence-electron chi connectivity index (χ2n) is 7.72. The molecule has 0 spiro atoms. The number of nitrogens with zero attached hydrogens (tertiary/aromatic N) is 5. The summed E-state index contributed by atoms with van der Waals surface area (Å²) in [5.41, 5.74) is 4.11. The lowest BCUT2D eigenvalue weighted by molar-refractivity contribution is -0.132. The molecule has 0 fully saturated rings. The number of aromatic amines is 1. The molecule has 0 bridgehead atoms. The van der Waals surface area contributed by atoms with E-state index in [4.69, 9.17) is 0 Å². The molecule has 1 aromatic carbocycles. The molecule has 0 saturated carbocycles. The average molecular weight is 393 g/mol. The van der Waals surface area contributed by atoms with Crippen LogP contribution in [-0.2, 0) is 24.2 Å². The smallest absolute Gasteiger partial charge is 0.222 e. The van der Waals surface area contributed by atoms with Gasteiger partial charge in [-0.3, -0.25) is 9.89 Å². The average Bonchev–Trinajstić information content (AvgIpc) is 3.36. The molecule has 0 unspecified atom stereocenters. The van der Waals surface area contributed by atoms with Crippen LogP contribution in [0.2, 0.25) is 0 Å². The van der Waals surface area contributed by atoms with Crippen molar-refractivity contribution in [1.29, 1.82) is 0 Å². The fraction of sp³-hybridized carbons (Fsp3) is 0.429. The van der Waals surface area contributed by atoms with Crippen LogP contribution in [0.4, 0.5) is 11.5 Å². The van der Waals surface area contributed by atoms with Gasteiger partial charge in [0, 0.05) is 48.6 Å². The van der Waals surface area contributed by atoms with Gasteiger partial charge in [0.05, 0.1) is 12.2 Å². The van der Waals surface area contributed by atoms with Gasteiger partial charge < -0.3 is 10.2 Å². The van der Waals surface area contributed by atoms with Gasteiger partial charge in [0.15, 0.2) is 5.82 Å². The maximum absolute atomic E-state index is 12.7. The van der Waals surface area contributed by atoms with Gasteiger partial charge in [0.1, 0.15) is 0 Å². The van der Waals surface area contributed by atoms with E-state index in [0.29, 0.717) is 19.0 Å². The van der Waals surface area contributed by atoms with Crippen LogP contribution in [-0.4, -0.2) is 42.5 Å². The third kappa shape index (κ3) is 4.47. The number of rotatable bonds is 7. The normalized spacial score (nSPS) is 13.6.